The van der Waals surface area contributed by atoms with E-state index < -0.39 is 0 Å². The van der Waals surface area contributed by atoms with Gasteiger partial charge in [0.15, 0.2) is 0 Å². The summed E-state index contributed by atoms with van der Waals surface area (Å²) in [4.78, 5) is 0. The van der Waals surface area contributed by atoms with Gasteiger partial charge in [-0.15, -0.1) is 0 Å². The van der Waals surface area contributed by atoms with Gasteiger partial charge in [-0.25, -0.2) is 4.68 Å². The number of nitrogen functional groups attached to an aromatic ring is 1. The smallest absolute Gasteiger partial charge is 0.122 e. The van der Waals surface area contributed by atoms with Crippen LogP contribution in [-0.4, -0.2) is 9.78 Å². The number of benzene rings is 1. The third kappa shape index (κ3) is 2.15. The first-order valence-electron chi connectivity index (χ1n) is 4.81. The highest BCUT2D eigenvalue weighted by Crippen LogP contribution is 2.25. The van der Waals surface area contributed by atoms with Crippen LogP contribution in [0.1, 0.15) is 11.3 Å². The quantitative estimate of drug-likeness (QED) is 0.897. The van der Waals surface area contributed by atoms with E-state index in [1.165, 1.54) is 0 Å². The maximum atomic E-state index is 6.07. The topological polar surface area (TPSA) is 43.8 Å². The van der Waals surface area contributed by atoms with E-state index in [1.54, 1.807) is 16.8 Å². The van der Waals surface area contributed by atoms with Gasteiger partial charge in [0.2, 0.25) is 0 Å². The minimum Gasteiger partial charge on any atom is -0.384 e. The molecule has 2 aromatic rings. The molecule has 1 aromatic carbocycles. The summed E-state index contributed by atoms with van der Waals surface area (Å²) < 4.78 is 1.68. The molecule has 1 heterocycles. The molecule has 0 saturated carbocycles. The second-order valence-electron chi connectivity index (χ2n) is 3.57. The number of nitrogens with two attached hydrogens (primary N) is 1. The van der Waals surface area contributed by atoms with Gasteiger partial charge in [-0.2, -0.15) is 5.10 Å². The largest absolute Gasteiger partial charge is 0.384 e. The van der Waals surface area contributed by atoms with E-state index in [0.717, 1.165) is 11.3 Å². The third-order valence-electron chi connectivity index (χ3n) is 2.30. The molecule has 0 aliphatic rings. The van der Waals surface area contributed by atoms with Gasteiger partial charge >= 0.3 is 0 Å². The summed E-state index contributed by atoms with van der Waals surface area (Å²) in [5, 5.41) is 5.51. The van der Waals surface area contributed by atoms with Crippen molar-refractivity contribution in [2.45, 2.75) is 13.5 Å². The van der Waals surface area contributed by atoms with Crippen LogP contribution < -0.4 is 5.73 Å². The molecule has 0 saturated heterocycles. The van der Waals surface area contributed by atoms with Gasteiger partial charge in [0.1, 0.15) is 5.82 Å². The highest BCUT2D eigenvalue weighted by Gasteiger charge is 2.09. The van der Waals surface area contributed by atoms with E-state index in [1.807, 2.05) is 19.1 Å². The molecule has 0 atom stereocenters. The lowest BCUT2D eigenvalue weighted by Crippen LogP contribution is -2.06. The molecule has 0 bridgehead atoms. The first-order valence-corrected chi connectivity index (χ1v) is 5.56. The number of nitrogens with zero attached hydrogens (tertiary/aromatic N) is 2. The summed E-state index contributed by atoms with van der Waals surface area (Å²) >= 11 is 12.1. The molecule has 0 amide bonds. The van der Waals surface area contributed by atoms with Gasteiger partial charge in [0, 0.05) is 21.7 Å². The second kappa shape index (κ2) is 4.36. The standard InChI is InChI=1S/C11H11Cl2N3/c1-7-5-11(14)16(15-7)6-8-9(12)3-2-4-10(8)13/h2-5H,6,14H2,1H3. The number of aromatic nitrogens is 2. The highest BCUT2D eigenvalue weighted by molar-refractivity contribution is 6.35. The van der Waals surface area contributed by atoms with E-state index in [4.69, 9.17) is 28.9 Å². The van der Waals surface area contributed by atoms with E-state index in [-0.39, 0.29) is 0 Å². The van der Waals surface area contributed by atoms with Crippen LogP contribution in [0.25, 0.3) is 0 Å². The van der Waals surface area contributed by atoms with Gasteiger partial charge < -0.3 is 5.73 Å². The fraction of sp³-hybridized carbons (Fsp3) is 0.182. The molecule has 1 aromatic heterocycles. The van der Waals surface area contributed by atoms with Gasteiger partial charge in [0.25, 0.3) is 0 Å². The SMILES string of the molecule is Cc1cc(N)n(Cc2c(Cl)cccc2Cl)n1. The Hall–Kier alpha value is -1.19. The van der Waals surface area contributed by atoms with Gasteiger partial charge in [-0.05, 0) is 19.1 Å². The van der Waals surface area contributed by atoms with Crippen molar-refractivity contribution in [1.29, 1.82) is 0 Å². The average molecular weight is 256 g/mol. The van der Waals surface area contributed by atoms with Gasteiger partial charge in [-0.1, -0.05) is 29.3 Å². The summed E-state index contributed by atoms with van der Waals surface area (Å²) in [5.74, 6) is 0.605. The van der Waals surface area contributed by atoms with E-state index in [2.05, 4.69) is 5.10 Å². The lowest BCUT2D eigenvalue weighted by molar-refractivity contribution is 0.689. The molecule has 5 heteroatoms. The number of hydrogen-bond acceptors (Lipinski definition) is 2. The summed E-state index contributed by atoms with van der Waals surface area (Å²) in [6.45, 7) is 2.37. The fourth-order valence-electron chi connectivity index (χ4n) is 1.53. The lowest BCUT2D eigenvalue weighted by Gasteiger charge is -2.08. The second-order valence-corrected chi connectivity index (χ2v) is 4.38. The lowest BCUT2D eigenvalue weighted by atomic mass is 10.2. The predicted octanol–water partition coefficient (Wildman–Crippen LogP) is 3.13. The maximum absolute atomic E-state index is 6.07. The van der Waals surface area contributed by atoms with Crippen molar-refractivity contribution < 1.29 is 0 Å². The average Bonchev–Trinajstić information content (AvgIpc) is 2.51. The van der Waals surface area contributed by atoms with Crippen LogP contribution in [0, 0.1) is 6.92 Å². The van der Waals surface area contributed by atoms with Gasteiger partial charge in [-0.3, -0.25) is 0 Å². The van der Waals surface area contributed by atoms with Crippen molar-refractivity contribution >= 4 is 29.0 Å². The monoisotopic (exact) mass is 255 g/mol. The number of rotatable bonds is 2. The van der Waals surface area contributed by atoms with Crippen molar-refractivity contribution in [2.24, 2.45) is 0 Å². The van der Waals surface area contributed by atoms with E-state index in [0.29, 0.717) is 22.4 Å². The predicted molar refractivity (Wildman–Crippen MR) is 66.9 cm³/mol. The molecule has 0 radical (unpaired) electrons. The number of hydrogen-bond donors (Lipinski definition) is 1. The van der Waals surface area contributed by atoms with Crippen molar-refractivity contribution in [3.63, 3.8) is 0 Å². The van der Waals surface area contributed by atoms with Crippen LogP contribution >= 0.6 is 23.2 Å². The van der Waals surface area contributed by atoms with Crippen LogP contribution in [0.3, 0.4) is 0 Å². The van der Waals surface area contributed by atoms with Crippen molar-refractivity contribution in [1.82, 2.24) is 9.78 Å². The summed E-state index contributed by atoms with van der Waals surface area (Å²) in [6.07, 6.45) is 0. The Bertz CT molecular complexity index is 500. The molecule has 0 aliphatic carbocycles. The van der Waals surface area contributed by atoms with Gasteiger partial charge in [0.05, 0.1) is 12.2 Å². The van der Waals surface area contributed by atoms with Crippen LogP contribution in [-0.2, 0) is 6.54 Å². The zero-order chi connectivity index (χ0) is 11.7. The Kier molecular flexibility index (Phi) is 3.08. The molecule has 2 N–H and O–H groups in total. The molecule has 16 heavy (non-hydrogen) atoms. The van der Waals surface area contributed by atoms with Crippen LogP contribution in [0.4, 0.5) is 5.82 Å². The first kappa shape index (κ1) is 11.3. The van der Waals surface area contributed by atoms with Crippen molar-refractivity contribution in [3.8, 4) is 0 Å². The normalized spacial score (nSPS) is 10.7. The fourth-order valence-corrected chi connectivity index (χ4v) is 2.04. The molecule has 84 valence electrons. The highest BCUT2D eigenvalue weighted by atomic mass is 35.5. The molecular formula is C11H11Cl2N3. The molecule has 0 aliphatic heterocycles. The van der Waals surface area contributed by atoms with Crippen LogP contribution in [0.5, 0.6) is 0 Å². The minimum atomic E-state index is 0.484. The first-order chi connectivity index (χ1) is 7.58. The Morgan fingerprint density at radius 1 is 1.31 bits per heavy atom. The maximum Gasteiger partial charge on any atom is 0.122 e. The van der Waals surface area contributed by atoms with E-state index >= 15 is 0 Å². The summed E-state index contributed by atoms with van der Waals surface area (Å²) in [7, 11) is 0. The molecule has 0 unspecified atom stereocenters. The zero-order valence-electron chi connectivity index (χ0n) is 8.74. The Morgan fingerprint density at radius 3 is 2.44 bits per heavy atom. The summed E-state index contributed by atoms with van der Waals surface area (Å²) in [5.41, 5.74) is 7.51. The molecule has 0 spiro atoms. The number of anilines is 1. The number of halogens is 2. The molecule has 2 rings (SSSR count). The summed E-state index contributed by atoms with van der Waals surface area (Å²) in [6, 6.07) is 7.22. The van der Waals surface area contributed by atoms with E-state index in [9.17, 15) is 0 Å². The zero-order valence-corrected chi connectivity index (χ0v) is 10.3. The number of aryl methyl sites for hydroxylation is 1. The third-order valence-corrected chi connectivity index (χ3v) is 3.01. The Labute approximate surface area is 104 Å². The Morgan fingerprint density at radius 2 is 1.94 bits per heavy atom. The molecule has 0 fully saturated rings. The minimum absolute atomic E-state index is 0.484. The molecular weight excluding hydrogens is 245 g/mol. The van der Waals surface area contributed by atoms with Crippen molar-refractivity contribution in [3.05, 3.63) is 45.6 Å². The van der Waals surface area contributed by atoms with Crippen LogP contribution in [0.2, 0.25) is 10.0 Å². The van der Waals surface area contributed by atoms with Crippen LogP contribution in [0.15, 0.2) is 24.3 Å². The Balaban J connectivity index is 2.37. The molecule has 3 nitrogen and oxygen atoms in total. The van der Waals surface area contributed by atoms with Crippen molar-refractivity contribution in [2.75, 3.05) is 5.73 Å².